The molecule has 1 heterocycles. The van der Waals surface area contributed by atoms with Crippen LogP contribution < -0.4 is 26.1 Å². The van der Waals surface area contributed by atoms with Gasteiger partial charge < -0.3 is 15.2 Å². The van der Waals surface area contributed by atoms with Crippen molar-refractivity contribution >= 4 is 17.4 Å². The third-order valence-electron chi connectivity index (χ3n) is 3.73. The van der Waals surface area contributed by atoms with E-state index in [1.54, 1.807) is 31.4 Å². The van der Waals surface area contributed by atoms with E-state index in [9.17, 15) is 4.79 Å². The van der Waals surface area contributed by atoms with Crippen LogP contribution >= 0.6 is 0 Å². The van der Waals surface area contributed by atoms with Crippen molar-refractivity contribution in [1.82, 2.24) is 15.4 Å². The second-order valence-corrected chi connectivity index (χ2v) is 5.66. The summed E-state index contributed by atoms with van der Waals surface area (Å²) in [6.45, 7) is 1.98. The molecule has 0 bridgehead atoms. The van der Waals surface area contributed by atoms with Crippen LogP contribution in [0.3, 0.4) is 0 Å². The maximum atomic E-state index is 12.2. The maximum absolute atomic E-state index is 12.2. The Kier molecular flexibility index (Phi) is 5.36. The van der Waals surface area contributed by atoms with Crippen LogP contribution in [-0.2, 0) is 0 Å². The molecule has 1 aromatic heterocycles. The molecule has 8 nitrogen and oxygen atoms in total. The number of aryl methyl sites for hydroxylation is 1. The van der Waals surface area contributed by atoms with E-state index in [-0.39, 0.29) is 23.3 Å². The number of methoxy groups -OCH3 is 1. The van der Waals surface area contributed by atoms with Gasteiger partial charge in [-0.25, -0.2) is 4.98 Å². The quantitative estimate of drug-likeness (QED) is 0.576. The van der Waals surface area contributed by atoms with Gasteiger partial charge in [0.05, 0.1) is 7.11 Å². The normalized spacial score (nSPS) is 10.1. The molecule has 0 aliphatic carbocycles. The van der Waals surface area contributed by atoms with Gasteiger partial charge in [0.1, 0.15) is 23.5 Å². The Morgan fingerprint density at radius 3 is 2.33 bits per heavy atom. The largest absolute Gasteiger partial charge is 0.497 e. The molecule has 0 saturated carbocycles. The van der Waals surface area contributed by atoms with Crippen LogP contribution in [0.15, 0.2) is 54.9 Å². The fourth-order valence-electron chi connectivity index (χ4n) is 2.21. The molecule has 3 rings (SSSR count). The number of nitrogen functional groups attached to an aromatic ring is 1. The zero-order chi connectivity index (χ0) is 19.2. The van der Waals surface area contributed by atoms with Crippen molar-refractivity contribution in [3.05, 3.63) is 66.0 Å². The van der Waals surface area contributed by atoms with Gasteiger partial charge in [0.2, 0.25) is 5.88 Å². The van der Waals surface area contributed by atoms with E-state index in [1.165, 1.54) is 6.33 Å². The molecule has 1 amide bonds. The Balaban J connectivity index is 1.68. The van der Waals surface area contributed by atoms with E-state index >= 15 is 0 Å². The lowest BCUT2D eigenvalue weighted by Crippen LogP contribution is -2.30. The van der Waals surface area contributed by atoms with Gasteiger partial charge in [-0.1, -0.05) is 17.7 Å². The van der Waals surface area contributed by atoms with Crippen molar-refractivity contribution < 1.29 is 14.3 Å². The number of hydrazine groups is 1. The highest BCUT2D eigenvalue weighted by Crippen LogP contribution is 2.28. The highest BCUT2D eigenvalue weighted by atomic mass is 16.5. The average Bonchev–Trinajstić information content (AvgIpc) is 2.70. The van der Waals surface area contributed by atoms with Gasteiger partial charge in [-0.3, -0.25) is 15.6 Å². The first-order valence-corrected chi connectivity index (χ1v) is 8.12. The Bertz CT molecular complexity index is 927. The fraction of sp³-hybridized carbons (Fsp3) is 0.105. The van der Waals surface area contributed by atoms with Crippen molar-refractivity contribution in [3.63, 3.8) is 0 Å². The van der Waals surface area contributed by atoms with Crippen LogP contribution in [0.25, 0.3) is 0 Å². The Morgan fingerprint density at radius 1 is 1.00 bits per heavy atom. The first-order valence-electron chi connectivity index (χ1n) is 8.12. The molecule has 138 valence electrons. The van der Waals surface area contributed by atoms with E-state index in [0.717, 1.165) is 5.56 Å². The third kappa shape index (κ3) is 4.43. The minimum atomic E-state index is -0.350. The smallest absolute Gasteiger partial charge is 0.269 e. The number of amides is 1. The van der Waals surface area contributed by atoms with E-state index < -0.39 is 0 Å². The van der Waals surface area contributed by atoms with Crippen molar-refractivity contribution in [1.29, 1.82) is 0 Å². The molecule has 0 saturated heterocycles. The summed E-state index contributed by atoms with van der Waals surface area (Å²) in [6, 6.07) is 14.1. The van der Waals surface area contributed by atoms with E-state index in [2.05, 4.69) is 20.8 Å². The van der Waals surface area contributed by atoms with E-state index in [1.807, 2.05) is 31.2 Å². The van der Waals surface area contributed by atoms with Gasteiger partial charge >= 0.3 is 0 Å². The van der Waals surface area contributed by atoms with Crippen LogP contribution in [-0.4, -0.2) is 23.0 Å². The number of nitrogens with two attached hydrogens (primary N) is 1. The number of carbonyl (C=O) groups is 1. The molecule has 2 aromatic carbocycles. The second kappa shape index (κ2) is 8.05. The molecule has 4 N–H and O–H groups in total. The average molecular weight is 365 g/mol. The molecule has 8 heteroatoms. The minimum Gasteiger partial charge on any atom is -0.497 e. The number of aromatic nitrogens is 2. The summed E-state index contributed by atoms with van der Waals surface area (Å²) < 4.78 is 10.7. The highest BCUT2D eigenvalue weighted by Gasteiger charge is 2.12. The zero-order valence-electron chi connectivity index (χ0n) is 14.9. The van der Waals surface area contributed by atoms with Crippen LogP contribution in [0.2, 0.25) is 0 Å². The lowest BCUT2D eigenvalue weighted by Gasteiger charge is -2.12. The summed E-state index contributed by atoms with van der Waals surface area (Å²) in [5.74, 6) is 1.33. The van der Waals surface area contributed by atoms with Crippen LogP contribution in [0.1, 0.15) is 15.9 Å². The summed E-state index contributed by atoms with van der Waals surface area (Å²) >= 11 is 0. The number of nitrogens with zero attached hydrogens (tertiary/aromatic N) is 2. The topological polar surface area (TPSA) is 111 Å². The monoisotopic (exact) mass is 365 g/mol. The van der Waals surface area contributed by atoms with E-state index in [0.29, 0.717) is 17.1 Å². The number of nitrogens with one attached hydrogen (secondary N) is 2. The van der Waals surface area contributed by atoms with Crippen molar-refractivity contribution in [3.8, 4) is 17.4 Å². The Morgan fingerprint density at radius 2 is 1.67 bits per heavy atom. The van der Waals surface area contributed by atoms with Gasteiger partial charge in [-0.05, 0) is 43.3 Å². The Hall–Kier alpha value is -3.81. The van der Waals surface area contributed by atoms with Gasteiger partial charge in [-0.2, -0.15) is 4.98 Å². The summed E-state index contributed by atoms with van der Waals surface area (Å²) in [6.07, 6.45) is 1.29. The number of ether oxygens (including phenoxy) is 2. The predicted molar refractivity (Wildman–Crippen MR) is 102 cm³/mol. The standard InChI is InChI=1S/C19H19N5O3/c1-12-3-7-15(8-4-12)27-19-16(20)17(21-11-22-19)23-24-18(25)13-5-9-14(26-2)10-6-13/h3-11H,20H2,1-2H3,(H,24,25)(H,21,22,23). The van der Waals surface area contributed by atoms with Gasteiger partial charge in [-0.15, -0.1) is 0 Å². The molecule has 0 fully saturated rings. The zero-order valence-corrected chi connectivity index (χ0v) is 14.9. The molecule has 0 radical (unpaired) electrons. The SMILES string of the molecule is COc1ccc(C(=O)NNc2ncnc(Oc3ccc(C)cc3)c2N)cc1. The molecule has 3 aromatic rings. The minimum absolute atomic E-state index is 0.174. The third-order valence-corrected chi connectivity index (χ3v) is 3.73. The lowest BCUT2D eigenvalue weighted by molar-refractivity contribution is 0.0962. The van der Waals surface area contributed by atoms with Crippen LogP contribution in [0.4, 0.5) is 11.5 Å². The molecule has 0 unspecified atom stereocenters. The first kappa shape index (κ1) is 18.0. The van der Waals surface area contributed by atoms with Crippen LogP contribution in [0, 0.1) is 6.92 Å². The molecular formula is C19H19N5O3. The van der Waals surface area contributed by atoms with Crippen molar-refractivity contribution in [2.75, 3.05) is 18.3 Å². The molecule has 0 atom stereocenters. The number of rotatable bonds is 6. The summed E-state index contributed by atoms with van der Waals surface area (Å²) in [5, 5.41) is 0. The highest BCUT2D eigenvalue weighted by molar-refractivity contribution is 5.95. The first-order chi connectivity index (χ1) is 13.1. The molecule has 0 aliphatic heterocycles. The van der Waals surface area contributed by atoms with Gasteiger partial charge in [0.15, 0.2) is 5.82 Å². The van der Waals surface area contributed by atoms with Crippen molar-refractivity contribution in [2.45, 2.75) is 6.92 Å². The second-order valence-electron chi connectivity index (χ2n) is 5.66. The van der Waals surface area contributed by atoms with Gasteiger partial charge in [0, 0.05) is 5.56 Å². The summed E-state index contributed by atoms with van der Waals surface area (Å²) in [7, 11) is 1.56. The number of anilines is 2. The van der Waals surface area contributed by atoms with Crippen LogP contribution in [0.5, 0.6) is 17.4 Å². The molecule has 0 spiro atoms. The maximum Gasteiger partial charge on any atom is 0.269 e. The predicted octanol–water partition coefficient (Wildman–Crippen LogP) is 2.93. The lowest BCUT2D eigenvalue weighted by atomic mass is 10.2. The Labute approximate surface area is 156 Å². The van der Waals surface area contributed by atoms with Gasteiger partial charge in [0.25, 0.3) is 5.91 Å². The number of benzene rings is 2. The fourth-order valence-corrected chi connectivity index (χ4v) is 2.21. The van der Waals surface area contributed by atoms with Crippen molar-refractivity contribution in [2.24, 2.45) is 0 Å². The number of hydrogen-bond acceptors (Lipinski definition) is 7. The molecule has 0 aliphatic rings. The number of carbonyl (C=O) groups excluding carboxylic acids is 1. The summed E-state index contributed by atoms with van der Waals surface area (Å²) in [5.41, 5.74) is 13.0. The molecule has 27 heavy (non-hydrogen) atoms. The molecular weight excluding hydrogens is 346 g/mol. The summed E-state index contributed by atoms with van der Waals surface area (Å²) in [4.78, 5) is 20.3. The van der Waals surface area contributed by atoms with E-state index in [4.69, 9.17) is 15.2 Å². The number of hydrogen-bond donors (Lipinski definition) is 3.